The summed E-state index contributed by atoms with van der Waals surface area (Å²) in [5, 5.41) is 0. The molecule has 0 unspecified atom stereocenters. The molecule has 86 valence electrons. The predicted molar refractivity (Wildman–Crippen MR) is 65.0 cm³/mol. The molecular weight excluding hydrogens is 198 g/mol. The van der Waals surface area contributed by atoms with E-state index in [2.05, 4.69) is 39.9 Å². The van der Waals surface area contributed by atoms with Gasteiger partial charge >= 0.3 is 0 Å². The molecule has 0 saturated carbocycles. The first-order valence-corrected chi connectivity index (χ1v) is 6.22. The Labute approximate surface area is 96.5 Å². The first-order chi connectivity index (χ1) is 7.90. The molecule has 3 nitrogen and oxygen atoms in total. The Bertz CT molecular complexity index is 433. The number of fused-ring (bicyclic) bond motifs is 1. The molecule has 1 N–H and O–H groups in total. The maximum absolute atomic E-state index is 4.21. The highest BCUT2D eigenvalue weighted by atomic mass is 15.0. The second kappa shape index (κ2) is 5.64. The van der Waals surface area contributed by atoms with E-state index in [9.17, 15) is 0 Å². The normalized spacial score (nSPS) is 11.1. The summed E-state index contributed by atoms with van der Waals surface area (Å²) in [6, 6.07) is 2.07. The van der Waals surface area contributed by atoms with Crippen LogP contribution in [0.2, 0.25) is 0 Å². The van der Waals surface area contributed by atoms with Crippen molar-refractivity contribution in [3.8, 4) is 0 Å². The van der Waals surface area contributed by atoms with E-state index in [1.807, 2.05) is 0 Å². The van der Waals surface area contributed by atoms with Crippen molar-refractivity contribution < 1.29 is 4.57 Å². The van der Waals surface area contributed by atoms with Crippen LogP contribution >= 0.6 is 0 Å². The topological polar surface area (TPSA) is 32.6 Å². The first kappa shape index (κ1) is 11.1. The number of H-pyrrole nitrogens is 1. The largest absolute Gasteiger partial charge is 0.340 e. The van der Waals surface area contributed by atoms with Crippen LogP contribution in [0.1, 0.15) is 39.0 Å². The smallest absolute Gasteiger partial charge is 0.194 e. The molecule has 0 fully saturated rings. The summed E-state index contributed by atoms with van der Waals surface area (Å²) in [5.74, 6) is 0. The van der Waals surface area contributed by atoms with Gasteiger partial charge in [-0.3, -0.25) is 0 Å². The SMILES string of the molecule is CCCCCCC[n+]1ccc2nc[nH]c2c1. The van der Waals surface area contributed by atoms with Gasteiger partial charge in [-0.15, -0.1) is 0 Å². The minimum absolute atomic E-state index is 1.04. The van der Waals surface area contributed by atoms with Gasteiger partial charge in [-0.25, -0.2) is 9.55 Å². The van der Waals surface area contributed by atoms with Crippen LogP contribution in [-0.4, -0.2) is 9.97 Å². The molecule has 16 heavy (non-hydrogen) atoms. The van der Waals surface area contributed by atoms with Crippen molar-refractivity contribution in [2.45, 2.75) is 45.6 Å². The number of hydrogen-bond acceptors (Lipinski definition) is 1. The molecule has 2 aromatic heterocycles. The maximum atomic E-state index is 4.21. The molecule has 0 aromatic carbocycles. The van der Waals surface area contributed by atoms with Crippen LogP contribution in [0.5, 0.6) is 0 Å². The highest BCUT2D eigenvalue weighted by Gasteiger charge is 2.03. The molecule has 2 aromatic rings. The lowest BCUT2D eigenvalue weighted by Crippen LogP contribution is -2.32. The number of aromatic amines is 1. The van der Waals surface area contributed by atoms with Gasteiger partial charge in [-0.1, -0.05) is 26.2 Å². The van der Waals surface area contributed by atoms with Crippen LogP contribution in [-0.2, 0) is 6.54 Å². The highest BCUT2D eigenvalue weighted by Crippen LogP contribution is 2.05. The number of unbranched alkanes of at least 4 members (excludes halogenated alkanes) is 4. The van der Waals surface area contributed by atoms with Gasteiger partial charge in [0.2, 0.25) is 0 Å². The van der Waals surface area contributed by atoms with Crippen LogP contribution in [0, 0.1) is 0 Å². The Morgan fingerprint density at radius 3 is 3.00 bits per heavy atom. The summed E-state index contributed by atoms with van der Waals surface area (Å²) >= 11 is 0. The molecule has 3 heteroatoms. The summed E-state index contributed by atoms with van der Waals surface area (Å²) < 4.78 is 2.24. The number of pyridine rings is 1. The van der Waals surface area contributed by atoms with E-state index in [0.717, 1.165) is 17.6 Å². The van der Waals surface area contributed by atoms with Crippen LogP contribution in [0.15, 0.2) is 24.8 Å². The number of nitrogens with zero attached hydrogens (tertiary/aromatic N) is 2. The molecule has 0 bridgehead atoms. The Morgan fingerprint density at radius 2 is 2.12 bits per heavy atom. The lowest BCUT2D eigenvalue weighted by atomic mass is 10.1. The zero-order valence-electron chi connectivity index (χ0n) is 9.95. The van der Waals surface area contributed by atoms with Crippen LogP contribution < -0.4 is 4.57 Å². The average molecular weight is 218 g/mol. The summed E-state index contributed by atoms with van der Waals surface area (Å²) in [6.45, 7) is 3.36. The highest BCUT2D eigenvalue weighted by molar-refractivity contribution is 5.71. The third-order valence-electron chi connectivity index (χ3n) is 2.94. The van der Waals surface area contributed by atoms with Crippen LogP contribution in [0.3, 0.4) is 0 Å². The second-order valence-electron chi connectivity index (χ2n) is 4.30. The van der Waals surface area contributed by atoms with Crippen molar-refractivity contribution in [3.05, 3.63) is 24.8 Å². The lowest BCUT2D eigenvalue weighted by Gasteiger charge is -1.97. The molecule has 0 aliphatic rings. The van der Waals surface area contributed by atoms with Gasteiger partial charge in [0.15, 0.2) is 12.4 Å². The van der Waals surface area contributed by atoms with Crippen molar-refractivity contribution in [1.82, 2.24) is 9.97 Å². The number of aromatic nitrogens is 3. The number of hydrogen-bond donors (Lipinski definition) is 1. The van der Waals surface area contributed by atoms with Gasteiger partial charge < -0.3 is 4.98 Å². The van der Waals surface area contributed by atoms with Crippen LogP contribution in [0.25, 0.3) is 11.0 Å². The lowest BCUT2D eigenvalue weighted by molar-refractivity contribution is -0.696. The molecule has 0 aliphatic carbocycles. The summed E-state index contributed by atoms with van der Waals surface area (Å²) in [5.41, 5.74) is 2.17. The van der Waals surface area contributed by atoms with Gasteiger partial charge in [-0.05, 0) is 6.42 Å². The van der Waals surface area contributed by atoms with E-state index in [4.69, 9.17) is 0 Å². The number of aryl methyl sites for hydroxylation is 1. The van der Waals surface area contributed by atoms with Gasteiger partial charge in [0.1, 0.15) is 17.6 Å². The fourth-order valence-electron chi connectivity index (χ4n) is 1.96. The third kappa shape index (κ3) is 2.81. The Balaban J connectivity index is 1.84. The summed E-state index contributed by atoms with van der Waals surface area (Å²) in [4.78, 5) is 7.35. The number of rotatable bonds is 6. The third-order valence-corrected chi connectivity index (χ3v) is 2.94. The molecule has 0 atom stereocenters. The van der Waals surface area contributed by atoms with Gasteiger partial charge in [-0.2, -0.15) is 0 Å². The van der Waals surface area contributed by atoms with E-state index in [-0.39, 0.29) is 0 Å². The fourth-order valence-corrected chi connectivity index (χ4v) is 1.96. The number of imidazole rings is 1. The monoisotopic (exact) mass is 218 g/mol. The average Bonchev–Trinajstić information content (AvgIpc) is 2.76. The number of nitrogens with one attached hydrogen (secondary N) is 1. The van der Waals surface area contributed by atoms with Gasteiger partial charge in [0, 0.05) is 12.5 Å². The quantitative estimate of drug-likeness (QED) is 0.587. The van der Waals surface area contributed by atoms with Gasteiger partial charge in [0.05, 0.1) is 6.33 Å². The molecule has 0 spiro atoms. The van der Waals surface area contributed by atoms with Gasteiger partial charge in [0.25, 0.3) is 0 Å². The van der Waals surface area contributed by atoms with Crippen molar-refractivity contribution in [2.24, 2.45) is 0 Å². The van der Waals surface area contributed by atoms with Crippen molar-refractivity contribution in [2.75, 3.05) is 0 Å². The first-order valence-electron chi connectivity index (χ1n) is 6.22. The zero-order valence-corrected chi connectivity index (χ0v) is 9.95. The van der Waals surface area contributed by atoms with E-state index < -0.39 is 0 Å². The molecule has 0 saturated heterocycles. The van der Waals surface area contributed by atoms with Crippen molar-refractivity contribution >= 4 is 11.0 Å². The van der Waals surface area contributed by atoms with Crippen molar-refractivity contribution in [3.63, 3.8) is 0 Å². The Morgan fingerprint density at radius 1 is 1.25 bits per heavy atom. The zero-order chi connectivity index (χ0) is 11.2. The molecule has 2 rings (SSSR count). The van der Waals surface area contributed by atoms with E-state index >= 15 is 0 Å². The molecular formula is C13H20N3+. The standard InChI is InChI=1S/C13H19N3/c1-2-3-4-5-6-8-16-9-7-12-13(10-16)15-11-14-12/h7,9-11H,2-6,8H2,1H3/p+1. The molecule has 0 amide bonds. The molecule has 0 radical (unpaired) electrons. The van der Waals surface area contributed by atoms with Crippen molar-refractivity contribution in [1.29, 1.82) is 0 Å². The van der Waals surface area contributed by atoms with E-state index in [1.54, 1.807) is 6.33 Å². The second-order valence-corrected chi connectivity index (χ2v) is 4.30. The predicted octanol–water partition coefficient (Wildman–Crippen LogP) is 2.82. The molecule has 2 heterocycles. The molecule has 0 aliphatic heterocycles. The maximum Gasteiger partial charge on any atom is 0.194 e. The summed E-state index contributed by atoms with van der Waals surface area (Å²) in [6.07, 6.45) is 12.6. The minimum Gasteiger partial charge on any atom is -0.340 e. The summed E-state index contributed by atoms with van der Waals surface area (Å²) in [7, 11) is 0. The van der Waals surface area contributed by atoms with E-state index in [0.29, 0.717) is 0 Å². The van der Waals surface area contributed by atoms with E-state index in [1.165, 1.54) is 32.1 Å². The minimum atomic E-state index is 1.04. The van der Waals surface area contributed by atoms with Crippen LogP contribution in [0.4, 0.5) is 0 Å². The Hall–Kier alpha value is -1.38. The Kier molecular flexibility index (Phi) is 3.91. The fraction of sp³-hybridized carbons (Fsp3) is 0.538.